The zero-order valence-electron chi connectivity index (χ0n) is 10.5. The van der Waals surface area contributed by atoms with Crippen LogP contribution < -0.4 is 9.30 Å². The average Bonchev–Trinajstić information content (AvgIpc) is 2.38. The maximum atomic E-state index is 5.12. The van der Waals surface area contributed by atoms with Gasteiger partial charge in [-0.25, -0.2) is 4.57 Å². The molecule has 0 N–H and O–H groups in total. The lowest BCUT2D eigenvalue weighted by atomic mass is 10.2. The van der Waals surface area contributed by atoms with Crippen molar-refractivity contribution in [2.45, 2.75) is 0 Å². The Labute approximate surface area is 125 Å². The minimum Gasteiger partial charge on any atom is -0.497 e. The van der Waals surface area contributed by atoms with Gasteiger partial charge in [-0.05, 0) is 29.8 Å². The molecule has 1 aromatic heterocycles. The molecule has 0 unspecified atom stereocenters. The van der Waals surface area contributed by atoms with Crippen LogP contribution in [0.1, 0.15) is 11.3 Å². The Bertz CT molecular complexity index is 520. The lowest BCUT2D eigenvalue weighted by Crippen LogP contribution is -2.30. The number of pyridine rings is 1. The van der Waals surface area contributed by atoms with Gasteiger partial charge in [-0.1, -0.05) is 12.1 Å². The van der Waals surface area contributed by atoms with E-state index in [1.807, 2.05) is 49.6 Å². The summed E-state index contributed by atoms with van der Waals surface area (Å²) in [4.78, 5) is 0. The quantitative estimate of drug-likeness (QED) is 0.609. The van der Waals surface area contributed by atoms with Crippen LogP contribution in [0.3, 0.4) is 0 Å². The molecule has 0 aliphatic rings. The third-order valence-electron chi connectivity index (χ3n) is 2.66. The molecular formula is C15H17INO+. The second-order valence-corrected chi connectivity index (χ2v) is 3.84. The largest absolute Gasteiger partial charge is 0.497 e. The molecule has 0 aliphatic heterocycles. The summed E-state index contributed by atoms with van der Waals surface area (Å²) in [7, 11) is 3.71. The highest BCUT2D eigenvalue weighted by molar-refractivity contribution is 14.0. The summed E-state index contributed by atoms with van der Waals surface area (Å²) < 4.78 is 7.21. The maximum Gasteiger partial charge on any atom is 0.204 e. The molecule has 2 nitrogen and oxygen atoms in total. The van der Waals surface area contributed by atoms with Crippen LogP contribution >= 0.6 is 24.0 Å². The minimum atomic E-state index is 0. The van der Waals surface area contributed by atoms with E-state index in [0.717, 1.165) is 11.3 Å². The molecule has 1 aromatic carbocycles. The van der Waals surface area contributed by atoms with Gasteiger partial charge >= 0.3 is 0 Å². The van der Waals surface area contributed by atoms with Gasteiger partial charge in [-0.2, -0.15) is 0 Å². The van der Waals surface area contributed by atoms with Crippen LogP contribution in [0.5, 0.6) is 5.75 Å². The zero-order valence-corrected chi connectivity index (χ0v) is 12.9. The topological polar surface area (TPSA) is 13.1 Å². The van der Waals surface area contributed by atoms with E-state index in [1.54, 1.807) is 7.11 Å². The Balaban J connectivity index is 0.00000162. The number of methoxy groups -OCH3 is 1. The molecule has 0 radical (unpaired) electrons. The number of hydrogen-bond acceptors (Lipinski definition) is 1. The Kier molecular flexibility index (Phi) is 5.85. The lowest BCUT2D eigenvalue weighted by Gasteiger charge is -1.98. The summed E-state index contributed by atoms with van der Waals surface area (Å²) in [6.45, 7) is 0. The smallest absolute Gasteiger partial charge is 0.204 e. The van der Waals surface area contributed by atoms with Crippen molar-refractivity contribution in [3.8, 4) is 5.75 Å². The number of halogens is 1. The van der Waals surface area contributed by atoms with Gasteiger partial charge in [0, 0.05) is 18.2 Å². The molecule has 0 aliphatic carbocycles. The average molecular weight is 354 g/mol. The van der Waals surface area contributed by atoms with Crippen LogP contribution in [-0.2, 0) is 7.05 Å². The van der Waals surface area contributed by atoms with Gasteiger partial charge in [-0.15, -0.1) is 24.0 Å². The van der Waals surface area contributed by atoms with Gasteiger partial charge in [0.1, 0.15) is 12.8 Å². The van der Waals surface area contributed by atoms with Crippen LogP contribution in [0.15, 0.2) is 48.7 Å². The Morgan fingerprint density at radius 1 is 1.00 bits per heavy atom. The van der Waals surface area contributed by atoms with Crippen molar-refractivity contribution in [1.29, 1.82) is 0 Å². The fraction of sp³-hybridized carbons (Fsp3) is 0.133. The molecule has 0 bridgehead atoms. The summed E-state index contributed by atoms with van der Waals surface area (Å²) in [5.41, 5.74) is 2.33. The molecular weight excluding hydrogens is 337 g/mol. The van der Waals surface area contributed by atoms with Crippen molar-refractivity contribution in [3.05, 3.63) is 59.9 Å². The molecule has 94 valence electrons. The number of benzene rings is 1. The molecule has 0 saturated carbocycles. The van der Waals surface area contributed by atoms with E-state index in [-0.39, 0.29) is 24.0 Å². The molecule has 0 amide bonds. The number of ether oxygens (including phenoxy) is 1. The summed E-state index contributed by atoms with van der Waals surface area (Å²) in [6.07, 6.45) is 6.23. The van der Waals surface area contributed by atoms with Crippen LogP contribution in [0.2, 0.25) is 0 Å². The van der Waals surface area contributed by atoms with Crippen LogP contribution in [0.4, 0.5) is 0 Å². The predicted octanol–water partition coefficient (Wildman–Crippen LogP) is 3.31. The van der Waals surface area contributed by atoms with Gasteiger partial charge in [0.2, 0.25) is 5.69 Å². The van der Waals surface area contributed by atoms with Gasteiger partial charge < -0.3 is 4.74 Å². The van der Waals surface area contributed by atoms with Gasteiger partial charge in [0.05, 0.1) is 7.11 Å². The molecule has 3 heteroatoms. The highest BCUT2D eigenvalue weighted by Crippen LogP contribution is 2.13. The minimum absolute atomic E-state index is 0. The van der Waals surface area contributed by atoms with E-state index in [9.17, 15) is 0 Å². The van der Waals surface area contributed by atoms with Gasteiger partial charge in [0.15, 0.2) is 6.20 Å². The molecule has 0 spiro atoms. The van der Waals surface area contributed by atoms with E-state index >= 15 is 0 Å². The number of nitrogens with zero attached hydrogens (tertiary/aromatic N) is 1. The predicted molar refractivity (Wildman–Crippen MR) is 85.0 cm³/mol. The van der Waals surface area contributed by atoms with E-state index in [2.05, 4.69) is 22.8 Å². The van der Waals surface area contributed by atoms with Gasteiger partial charge in [0.25, 0.3) is 0 Å². The van der Waals surface area contributed by atoms with E-state index < -0.39 is 0 Å². The highest BCUT2D eigenvalue weighted by atomic mass is 127. The van der Waals surface area contributed by atoms with Crippen molar-refractivity contribution >= 4 is 36.1 Å². The lowest BCUT2D eigenvalue weighted by molar-refractivity contribution is -0.673. The maximum absolute atomic E-state index is 5.12. The number of rotatable bonds is 3. The van der Waals surface area contributed by atoms with Crippen molar-refractivity contribution in [2.75, 3.05) is 7.11 Å². The summed E-state index contributed by atoms with van der Waals surface area (Å²) in [6, 6.07) is 14.1. The van der Waals surface area contributed by atoms with E-state index in [4.69, 9.17) is 4.74 Å². The van der Waals surface area contributed by atoms with E-state index in [0.29, 0.717) is 0 Å². The monoisotopic (exact) mass is 354 g/mol. The fourth-order valence-corrected chi connectivity index (χ4v) is 1.61. The summed E-state index contributed by atoms with van der Waals surface area (Å²) in [5, 5.41) is 0. The van der Waals surface area contributed by atoms with Crippen molar-refractivity contribution in [1.82, 2.24) is 0 Å². The second-order valence-electron chi connectivity index (χ2n) is 3.84. The Morgan fingerprint density at radius 2 is 1.72 bits per heavy atom. The SMILES string of the molecule is COc1ccc(C=Cc2cccc[n+]2C)cc1.I. The first-order valence-corrected chi connectivity index (χ1v) is 5.56. The van der Waals surface area contributed by atoms with Crippen molar-refractivity contribution in [3.63, 3.8) is 0 Å². The molecule has 0 fully saturated rings. The number of aryl methyl sites for hydroxylation is 1. The molecule has 18 heavy (non-hydrogen) atoms. The first-order valence-electron chi connectivity index (χ1n) is 5.56. The van der Waals surface area contributed by atoms with Crippen molar-refractivity contribution in [2.24, 2.45) is 7.05 Å². The Hall–Kier alpha value is -1.36. The third-order valence-corrected chi connectivity index (χ3v) is 2.66. The summed E-state index contributed by atoms with van der Waals surface area (Å²) in [5.74, 6) is 0.882. The highest BCUT2D eigenvalue weighted by Gasteiger charge is 1.98. The van der Waals surface area contributed by atoms with Crippen LogP contribution in [0.25, 0.3) is 12.2 Å². The molecule has 0 saturated heterocycles. The standard InChI is InChI=1S/C15H16NO.HI/c1-16-12-4-3-5-14(16)9-6-13-7-10-15(17-2)11-8-13;/h3-12H,1-2H3;1H/q+1;. The third kappa shape index (κ3) is 3.84. The van der Waals surface area contributed by atoms with Crippen LogP contribution in [0, 0.1) is 0 Å². The van der Waals surface area contributed by atoms with Crippen LogP contribution in [-0.4, -0.2) is 7.11 Å². The second kappa shape index (κ2) is 7.16. The Morgan fingerprint density at radius 3 is 2.33 bits per heavy atom. The molecule has 2 aromatic rings. The van der Waals surface area contributed by atoms with Gasteiger partial charge in [-0.3, -0.25) is 0 Å². The van der Waals surface area contributed by atoms with E-state index in [1.165, 1.54) is 5.69 Å². The summed E-state index contributed by atoms with van der Waals surface area (Å²) >= 11 is 0. The molecule has 0 atom stereocenters. The first-order chi connectivity index (χ1) is 8.29. The normalized spacial score (nSPS) is 10.1. The fourth-order valence-electron chi connectivity index (χ4n) is 1.61. The molecule has 1 heterocycles. The number of hydrogen-bond donors (Lipinski definition) is 0. The first kappa shape index (κ1) is 14.7. The van der Waals surface area contributed by atoms with Crippen molar-refractivity contribution < 1.29 is 9.30 Å². The number of aromatic nitrogens is 1. The zero-order chi connectivity index (χ0) is 12.1. The molecule has 2 rings (SSSR count).